The smallest absolute Gasteiger partial charge is 0.339 e. The zero-order valence-electron chi connectivity index (χ0n) is 9.63. The molecule has 2 rings (SSSR count). The molecule has 2 aromatic carbocycles. The first-order valence-electron chi connectivity index (χ1n) is 5.25. The Morgan fingerprint density at radius 3 is 2.33 bits per heavy atom. The second-order valence-corrected chi connectivity index (χ2v) is 5.71. The summed E-state index contributed by atoms with van der Waals surface area (Å²) < 4.78 is 29.2. The molecule has 0 aliphatic heterocycles. The molecule has 0 atom stereocenters. The van der Waals surface area contributed by atoms with Gasteiger partial charge in [0.1, 0.15) is 10.6 Å². The summed E-state index contributed by atoms with van der Waals surface area (Å²) in [6.45, 7) is 1.67. The highest BCUT2D eigenvalue weighted by molar-refractivity contribution is 7.87. The van der Waals surface area contributed by atoms with Crippen molar-refractivity contribution in [2.24, 2.45) is 0 Å². The number of halogens is 1. The number of hydrogen-bond acceptors (Lipinski definition) is 3. The Hall–Kier alpha value is -1.52. The van der Waals surface area contributed by atoms with Gasteiger partial charge in [-0.2, -0.15) is 8.42 Å². The van der Waals surface area contributed by atoms with Crippen LogP contribution in [0.1, 0.15) is 5.56 Å². The van der Waals surface area contributed by atoms with Crippen molar-refractivity contribution in [3.63, 3.8) is 0 Å². The van der Waals surface area contributed by atoms with Crippen molar-refractivity contribution in [2.45, 2.75) is 11.8 Å². The number of rotatable bonds is 3. The third-order valence-electron chi connectivity index (χ3n) is 2.36. The number of para-hydroxylation sites is 1. The van der Waals surface area contributed by atoms with Crippen LogP contribution in [0.5, 0.6) is 5.75 Å². The first-order chi connectivity index (χ1) is 8.49. The molecule has 0 spiro atoms. The predicted molar refractivity (Wildman–Crippen MR) is 70.4 cm³/mol. The number of aryl methyl sites for hydroxylation is 1. The fourth-order valence-corrected chi connectivity index (χ4v) is 2.91. The number of benzene rings is 2. The first-order valence-corrected chi connectivity index (χ1v) is 7.03. The monoisotopic (exact) mass is 282 g/mol. The van der Waals surface area contributed by atoms with E-state index in [1.165, 1.54) is 12.1 Å². The zero-order valence-corrected chi connectivity index (χ0v) is 11.2. The van der Waals surface area contributed by atoms with E-state index in [4.69, 9.17) is 15.8 Å². The van der Waals surface area contributed by atoms with Crippen molar-refractivity contribution in [3.8, 4) is 5.75 Å². The van der Waals surface area contributed by atoms with Crippen LogP contribution in [0.4, 0.5) is 0 Å². The lowest BCUT2D eigenvalue weighted by molar-refractivity contribution is 0.485. The molecule has 2 aromatic rings. The maximum Gasteiger partial charge on any atom is 0.339 e. The van der Waals surface area contributed by atoms with Gasteiger partial charge in [-0.3, -0.25) is 0 Å². The van der Waals surface area contributed by atoms with E-state index in [0.29, 0.717) is 10.6 Å². The average molecular weight is 283 g/mol. The van der Waals surface area contributed by atoms with Crippen LogP contribution in [0, 0.1) is 6.92 Å². The van der Waals surface area contributed by atoms with Crippen molar-refractivity contribution < 1.29 is 12.6 Å². The van der Waals surface area contributed by atoms with Crippen LogP contribution in [0.15, 0.2) is 53.4 Å². The standard InChI is InChI=1S/C13H11ClO3S/c1-10-9-11(14)7-8-13(10)18(15,16)17-12-5-3-2-4-6-12/h2-9H,1H3. The Bertz CT molecular complexity index is 651. The molecular weight excluding hydrogens is 272 g/mol. The van der Waals surface area contributed by atoms with Crippen LogP contribution in [0.2, 0.25) is 5.02 Å². The minimum absolute atomic E-state index is 0.121. The van der Waals surface area contributed by atoms with Crippen LogP contribution in [0.25, 0.3) is 0 Å². The van der Waals surface area contributed by atoms with Gasteiger partial charge in [0.2, 0.25) is 0 Å². The molecule has 0 bridgehead atoms. The third-order valence-corrected chi connectivity index (χ3v) is 4.00. The van der Waals surface area contributed by atoms with Crippen LogP contribution in [0.3, 0.4) is 0 Å². The molecule has 0 fully saturated rings. The summed E-state index contributed by atoms with van der Waals surface area (Å²) in [6, 6.07) is 12.9. The lowest BCUT2D eigenvalue weighted by atomic mass is 10.2. The zero-order chi connectivity index (χ0) is 13.2. The van der Waals surface area contributed by atoms with Gasteiger partial charge in [0, 0.05) is 5.02 Å². The average Bonchev–Trinajstić information content (AvgIpc) is 2.29. The summed E-state index contributed by atoms with van der Waals surface area (Å²) >= 11 is 5.79. The Labute approximate surface area is 111 Å². The summed E-state index contributed by atoms with van der Waals surface area (Å²) in [4.78, 5) is 0.121. The van der Waals surface area contributed by atoms with Crippen LogP contribution in [-0.4, -0.2) is 8.42 Å². The predicted octanol–water partition coefficient (Wildman–Crippen LogP) is 3.42. The molecule has 18 heavy (non-hydrogen) atoms. The summed E-state index contributed by atoms with van der Waals surface area (Å²) in [7, 11) is -3.82. The molecule has 94 valence electrons. The SMILES string of the molecule is Cc1cc(Cl)ccc1S(=O)(=O)Oc1ccccc1. The second-order valence-electron chi connectivity index (χ2n) is 3.76. The lowest BCUT2D eigenvalue weighted by Gasteiger charge is -2.09. The van der Waals surface area contributed by atoms with E-state index in [0.717, 1.165) is 0 Å². The molecule has 0 aliphatic rings. The second kappa shape index (κ2) is 5.00. The molecule has 0 saturated heterocycles. The number of hydrogen-bond donors (Lipinski definition) is 0. The van der Waals surface area contributed by atoms with Crippen LogP contribution >= 0.6 is 11.6 Å². The van der Waals surface area contributed by atoms with E-state index in [1.54, 1.807) is 43.3 Å². The molecule has 0 heterocycles. The van der Waals surface area contributed by atoms with Gasteiger partial charge < -0.3 is 4.18 Å². The summed E-state index contributed by atoms with van der Waals surface area (Å²) in [5.41, 5.74) is 0.554. The topological polar surface area (TPSA) is 43.4 Å². The molecule has 0 aliphatic carbocycles. The highest BCUT2D eigenvalue weighted by Crippen LogP contribution is 2.23. The summed E-state index contributed by atoms with van der Waals surface area (Å²) in [5.74, 6) is 0.284. The van der Waals surface area contributed by atoms with E-state index in [9.17, 15) is 8.42 Å². The van der Waals surface area contributed by atoms with Gasteiger partial charge in [0.05, 0.1) is 0 Å². The molecule has 0 unspecified atom stereocenters. The quantitative estimate of drug-likeness (QED) is 0.810. The molecule has 0 N–H and O–H groups in total. The van der Waals surface area contributed by atoms with E-state index in [-0.39, 0.29) is 10.6 Å². The summed E-state index contributed by atoms with van der Waals surface area (Å²) in [6.07, 6.45) is 0. The van der Waals surface area contributed by atoms with E-state index in [1.807, 2.05) is 0 Å². The van der Waals surface area contributed by atoms with Gasteiger partial charge in [-0.25, -0.2) is 0 Å². The van der Waals surface area contributed by atoms with Crippen molar-refractivity contribution in [2.75, 3.05) is 0 Å². The highest BCUT2D eigenvalue weighted by atomic mass is 35.5. The van der Waals surface area contributed by atoms with Crippen LogP contribution < -0.4 is 4.18 Å². The van der Waals surface area contributed by atoms with E-state index < -0.39 is 10.1 Å². The van der Waals surface area contributed by atoms with Crippen molar-refractivity contribution in [3.05, 3.63) is 59.1 Å². The first kappa shape index (κ1) is 12.9. The Morgan fingerprint density at radius 2 is 1.72 bits per heavy atom. The van der Waals surface area contributed by atoms with Gasteiger partial charge in [0.15, 0.2) is 0 Å². The Kier molecular flexibility index (Phi) is 3.59. The molecule has 0 radical (unpaired) electrons. The fraction of sp³-hybridized carbons (Fsp3) is 0.0769. The van der Waals surface area contributed by atoms with Crippen molar-refractivity contribution in [1.82, 2.24) is 0 Å². The Morgan fingerprint density at radius 1 is 1.06 bits per heavy atom. The van der Waals surface area contributed by atoms with Gasteiger partial charge in [-0.05, 0) is 42.8 Å². The molecule has 0 saturated carbocycles. The lowest BCUT2D eigenvalue weighted by Crippen LogP contribution is -2.11. The maximum absolute atomic E-state index is 12.1. The largest absolute Gasteiger partial charge is 0.379 e. The molecule has 5 heteroatoms. The van der Waals surface area contributed by atoms with Gasteiger partial charge in [-0.15, -0.1) is 0 Å². The third kappa shape index (κ3) is 2.83. The molecule has 0 amide bonds. The van der Waals surface area contributed by atoms with Crippen LogP contribution in [-0.2, 0) is 10.1 Å². The minimum Gasteiger partial charge on any atom is -0.379 e. The minimum atomic E-state index is -3.82. The van der Waals surface area contributed by atoms with Gasteiger partial charge in [0.25, 0.3) is 0 Å². The van der Waals surface area contributed by atoms with Crippen molar-refractivity contribution >= 4 is 21.7 Å². The molecule has 0 aromatic heterocycles. The van der Waals surface area contributed by atoms with Gasteiger partial charge in [-0.1, -0.05) is 29.8 Å². The molecule has 3 nitrogen and oxygen atoms in total. The van der Waals surface area contributed by atoms with E-state index in [2.05, 4.69) is 0 Å². The summed E-state index contributed by atoms with van der Waals surface area (Å²) in [5, 5.41) is 0.492. The van der Waals surface area contributed by atoms with E-state index >= 15 is 0 Å². The van der Waals surface area contributed by atoms with Gasteiger partial charge >= 0.3 is 10.1 Å². The highest BCUT2D eigenvalue weighted by Gasteiger charge is 2.19. The maximum atomic E-state index is 12.1. The normalized spacial score (nSPS) is 11.2. The fourth-order valence-electron chi connectivity index (χ4n) is 1.54. The molecular formula is C13H11ClO3S. The van der Waals surface area contributed by atoms with Crippen molar-refractivity contribution in [1.29, 1.82) is 0 Å². The Balaban J connectivity index is 2.37.